The number of fused-ring (bicyclic) bond motifs is 3. The lowest BCUT2D eigenvalue weighted by Gasteiger charge is -2.17. The van der Waals surface area contributed by atoms with Crippen molar-refractivity contribution in [3.05, 3.63) is 52.7 Å². The fourth-order valence-corrected chi connectivity index (χ4v) is 3.94. The third-order valence-electron chi connectivity index (χ3n) is 5.46. The van der Waals surface area contributed by atoms with Crippen LogP contribution in [0.1, 0.15) is 36.2 Å². The van der Waals surface area contributed by atoms with Gasteiger partial charge in [0.15, 0.2) is 5.65 Å². The monoisotopic (exact) mass is 395 g/mol. The van der Waals surface area contributed by atoms with Gasteiger partial charge in [0.25, 0.3) is 5.92 Å². The van der Waals surface area contributed by atoms with Gasteiger partial charge in [-0.25, -0.2) is 13.8 Å². The van der Waals surface area contributed by atoms with Crippen LogP contribution in [0.2, 0.25) is 0 Å². The molecular formula is C23H23F2N3O. The highest BCUT2D eigenvalue weighted by atomic mass is 19.3. The molecule has 2 aromatic carbocycles. The summed E-state index contributed by atoms with van der Waals surface area (Å²) in [7, 11) is 1.64. The molecule has 0 bridgehead atoms. The third kappa shape index (κ3) is 3.12. The minimum Gasteiger partial charge on any atom is -0.496 e. The van der Waals surface area contributed by atoms with Crippen LogP contribution < -0.4 is 4.74 Å². The molecule has 0 amide bonds. The van der Waals surface area contributed by atoms with Crippen molar-refractivity contribution >= 4 is 21.8 Å². The number of hydrogen-bond donors (Lipinski definition) is 1. The maximum absolute atomic E-state index is 14.1. The maximum atomic E-state index is 14.1. The minimum absolute atomic E-state index is 0.000369. The Labute approximate surface area is 167 Å². The molecule has 4 aromatic rings. The highest BCUT2D eigenvalue weighted by Crippen LogP contribution is 2.39. The Bertz CT molecular complexity index is 1240. The first-order valence-corrected chi connectivity index (χ1v) is 9.59. The molecule has 150 valence electrons. The molecule has 6 heteroatoms. The summed E-state index contributed by atoms with van der Waals surface area (Å²) in [4.78, 5) is 4.74. The summed E-state index contributed by atoms with van der Waals surface area (Å²) in [5.74, 6) is -2.17. The Balaban J connectivity index is 2.12. The average Bonchev–Trinajstić information content (AvgIpc) is 3.06. The molecule has 0 aliphatic carbocycles. The number of aryl methyl sites for hydroxylation is 3. The number of halogens is 2. The Kier molecular flexibility index (Phi) is 4.52. The van der Waals surface area contributed by atoms with E-state index in [0.717, 1.165) is 46.5 Å². The number of methoxy groups -OCH3 is 1. The lowest BCUT2D eigenvalue weighted by molar-refractivity contribution is 0.0169. The molecular weight excluding hydrogens is 372 g/mol. The number of ether oxygens (including phenoxy) is 1. The van der Waals surface area contributed by atoms with Gasteiger partial charge in [-0.1, -0.05) is 19.1 Å². The maximum Gasteiger partial charge on any atom is 0.270 e. The van der Waals surface area contributed by atoms with Crippen molar-refractivity contribution in [1.82, 2.24) is 15.2 Å². The Morgan fingerprint density at radius 2 is 1.86 bits per heavy atom. The zero-order valence-corrected chi connectivity index (χ0v) is 17.2. The quantitative estimate of drug-likeness (QED) is 0.456. The summed E-state index contributed by atoms with van der Waals surface area (Å²) in [6.07, 6.45) is 0.811. The summed E-state index contributed by atoms with van der Waals surface area (Å²) >= 11 is 0. The number of hydrogen-bond acceptors (Lipinski definition) is 3. The van der Waals surface area contributed by atoms with Crippen LogP contribution in [0.5, 0.6) is 5.75 Å². The molecule has 2 aromatic heterocycles. The second-order valence-electron chi connectivity index (χ2n) is 7.49. The zero-order valence-electron chi connectivity index (χ0n) is 17.2. The van der Waals surface area contributed by atoms with Gasteiger partial charge in [-0.15, -0.1) is 0 Å². The zero-order chi connectivity index (χ0) is 20.9. The lowest BCUT2D eigenvalue weighted by Crippen LogP contribution is -2.09. The van der Waals surface area contributed by atoms with Gasteiger partial charge in [0.2, 0.25) is 0 Å². The van der Waals surface area contributed by atoms with Gasteiger partial charge >= 0.3 is 0 Å². The van der Waals surface area contributed by atoms with Crippen LogP contribution >= 0.6 is 0 Å². The van der Waals surface area contributed by atoms with E-state index in [0.29, 0.717) is 22.5 Å². The van der Waals surface area contributed by atoms with Crippen LogP contribution in [-0.2, 0) is 12.3 Å². The first-order valence-electron chi connectivity index (χ1n) is 9.59. The number of alkyl halides is 2. The van der Waals surface area contributed by atoms with Crippen molar-refractivity contribution in [2.24, 2.45) is 0 Å². The molecule has 29 heavy (non-hydrogen) atoms. The average molecular weight is 395 g/mol. The first kappa shape index (κ1) is 19.3. The molecule has 0 saturated carbocycles. The largest absolute Gasteiger partial charge is 0.496 e. The second kappa shape index (κ2) is 6.79. The standard InChI is InChI=1S/C23H23F2N3O/c1-6-14-9-16-17(11-19(14)29-5)21(26-22-20(16)13(3)27-28-22)15-8-7-12(2)18(10-15)23(4,24)25/h7-11H,6H2,1-5H3,(H,26,27,28). The number of nitrogens with one attached hydrogen (secondary N) is 1. The number of pyridine rings is 1. The Morgan fingerprint density at radius 1 is 1.10 bits per heavy atom. The van der Waals surface area contributed by atoms with Crippen LogP contribution in [0.25, 0.3) is 33.1 Å². The van der Waals surface area contributed by atoms with Crippen LogP contribution in [0, 0.1) is 13.8 Å². The predicted octanol–water partition coefficient (Wildman–Crippen LogP) is 6.08. The number of aromatic nitrogens is 3. The van der Waals surface area contributed by atoms with Crippen molar-refractivity contribution in [2.45, 2.75) is 40.0 Å². The molecule has 0 unspecified atom stereocenters. The molecule has 4 rings (SSSR count). The van der Waals surface area contributed by atoms with E-state index in [1.165, 1.54) is 6.07 Å². The van der Waals surface area contributed by atoms with Crippen LogP contribution in [-0.4, -0.2) is 22.3 Å². The van der Waals surface area contributed by atoms with E-state index in [9.17, 15) is 8.78 Å². The summed E-state index contributed by atoms with van der Waals surface area (Å²) in [6.45, 7) is 6.63. The SMILES string of the molecule is CCc1cc2c(cc1OC)c(-c1ccc(C)c(C(C)(F)F)c1)nc1n[nH]c(C)c12. The number of benzene rings is 2. The minimum atomic E-state index is -2.93. The van der Waals surface area contributed by atoms with Crippen LogP contribution in [0.4, 0.5) is 8.78 Å². The molecule has 0 aliphatic rings. The Hall–Kier alpha value is -3.02. The van der Waals surface area contributed by atoms with Crippen molar-refractivity contribution in [3.8, 4) is 17.0 Å². The van der Waals surface area contributed by atoms with Gasteiger partial charge in [-0.05, 0) is 55.0 Å². The normalized spacial score (nSPS) is 12.1. The van der Waals surface area contributed by atoms with Crippen molar-refractivity contribution in [2.75, 3.05) is 7.11 Å². The van der Waals surface area contributed by atoms with E-state index in [-0.39, 0.29) is 5.56 Å². The number of aromatic amines is 1. The molecule has 0 radical (unpaired) electrons. The lowest BCUT2D eigenvalue weighted by atomic mass is 9.94. The summed E-state index contributed by atoms with van der Waals surface area (Å²) in [5, 5.41) is 10.1. The fourth-order valence-electron chi connectivity index (χ4n) is 3.94. The first-order chi connectivity index (χ1) is 13.7. The van der Waals surface area contributed by atoms with Gasteiger partial charge in [0, 0.05) is 34.5 Å². The van der Waals surface area contributed by atoms with E-state index in [4.69, 9.17) is 9.72 Å². The summed E-state index contributed by atoms with van der Waals surface area (Å²) in [6, 6.07) is 9.12. The van der Waals surface area contributed by atoms with E-state index in [1.54, 1.807) is 20.1 Å². The number of nitrogens with zero attached hydrogens (tertiary/aromatic N) is 2. The van der Waals surface area contributed by atoms with Crippen molar-refractivity contribution in [1.29, 1.82) is 0 Å². The van der Waals surface area contributed by atoms with Gasteiger partial charge < -0.3 is 4.74 Å². The Morgan fingerprint density at radius 3 is 2.52 bits per heavy atom. The van der Waals surface area contributed by atoms with E-state index in [1.807, 2.05) is 19.1 Å². The smallest absolute Gasteiger partial charge is 0.270 e. The molecule has 0 aliphatic heterocycles. The topological polar surface area (TPSA) is 50.8 Å². The van der Waals surface area contributed by atoms with E-state index >= 15 is 0 Å². The molecule has 2 heterocycles. The predicted molar refractivity (Wildman–Crippen MR) is 112 cm³/mol. The van der Waals surface area contributed by atoms with Crippen LogP contribution in [0.15, 0.2) is 30.3 Å². The van der Waals surface area contributed by atoms with E-state index < -0.39 is 5.92 Å². The third-order valence-corrected chi connectivity index (χ3v) is 5.46. The molecule has 0 fully saturated rings. The highest BCUT2D eigenvalue weighted by molar-refractivity contribution is 6.11. The van der Waals surface area contributed by atoms with Gasteiger partial charge in [0.1, 0.15) is 5.75 Å². The van der Waals surface area contributed by atoms with Crippen molar-refractivity contribution in [3.63, 3.8) is 0 Å². The summed E-state index contributed by atoms with van der Waals surface area (Å²) < 4.78 is 33.9. The van der Waals surface area contributed by atoms with Gasteiger partial charge in [-0.3, -0.25) is 5.10 Å². The molecule has 4 nitrogen and oxygen atoms in total. The van der Waals surface area contributed by atoms with E-state index in [2.05, 4.69) is 23.2 Å². The van der Waals surface area contributed by atoms with Gasteiger partial charge in [0.05, 0.1) is 12.8 Å². The van der Waals surface area contributed by atoms with Crippen LogP contribution in [0.3, 0.4) is 0 Å². The molecule has 0 atom stereocenters. The fraction of sp³-hybridized carbons (Fsp3) is 0.304. The number of H-pyrrole nitrogens is 1. The summed E-state index contributed by atoms with van der Waals surface area (Å²) in [5.41, 5.74) is 4.36. The molecule has 0 saturated heterocycles. The van der Waals surface area contributed by atoms with Crippen molar-refractivity contribution < 1.29 is 13.5 Å². The molecule has 1 N–H and O–H groups in total. The van der Waals surface area contributed by atoms with Gasteiger partial charge in [-0.2, -0.15) is 5.10 Å². The highest BCUT2D eigenvalue weighted by Gasteiger charge is 2.27. The number of rotatable bonds is 4. The molecule has 0 spiro atoms. The second-order valence-corrected chi connectivity index (χ2v) is 7.49.